The van der Waals surface area contributed by atoms with Crippen LogP contribution in [0, 0.1) is 13.8 Å². The van der Waals surface area contributed by atoms with Crippen LogP contribution < -0.4 is 0 Å². The molecule has 0 radical (unpaired) electrons. The van der Waals surface area contributed by atoms with E-state index in [4.69, 9.17) is 21.3 Å². The molecule has 0 saturated carbocycles. The van der Waals surface area contributed by atoms with Crippen LogP contribution in [0.1, 0.15) is 22.6 Å². The highest BCUT2D eigenvalue weighted by molar-refractivity contribution is 7.22. The van der Waals surface area contributed by atoms with Crippen molar-refractivity contribution in [2.45, 2.75) is 13.8 Å². The lowest BCUT2D eigenvalue weighted by atomic mass is 10.2. The molecule has 0 aromatic carbocycles. The first kappa shape index (κ1) is 15.3. The number of H-pyrrole nitrogens is 2. The van der Waals surface area contributed by atoms with Gasteiger partial charge in [0.25, 0.3) is 0 Å². The molecule has 4 rings (SSSR count). The van der Waals surface area contributed by atoms with Gasteiger partial charge in [0.2, 0.25) is 0 Å². The number of rotatable bonds is 3. The van der Waals surface area contributed by atoms with E-state index in [1.54, 1.807) is 7.11 Å². The average Bonchev–Trinajstić information content (AvgIpc) is 3.23. The first-order chi connectivity index (χ1) is 11.5. The number of methoxy groups -OCH3 is 1. The highest BCUT2D eigenvalue weighted by atomic mass is 35.5. The molecule has 6 heteroatoms. The zero-order chi connectivity index (χ0) is 16.8. The maximum Gasteiger partial charge on any atom is 0.146 e. The van der Waals surface area contributed by atoms with Crippen molar-refractivity contribution in [1.29, 1.82) is 0 Å². The zero-order valence-electron chi connectivity index (χ0n) is 13.5. The summed E-state index contributed by atoms with van der Waals surface area (Å²) in [6.07, 6.45) is 3.97. The largest absolute Gasteiger partial charge is 0.494 e. The van der Waals surface area contributed by atoms with Crippen LogP contribution in [0.25, 0.3) is 16.3 Å². The minimum Gasteiger partial charge on any atom is -0.494 e. The summed E-state index contributed by atoms with van der Waals surface area (Å²) < 4.78 is 6.28. The molecule has 1 aliphatic heterocycles. The van der Waals surface area contributed by atoms with Crippen LogP contribution in [0.3, 0.4) is 0 Å². The SMILES string of the molecule is COC1=CC(c2cc3cc(Cl)sc3[nH]2)=NC1=Cc1[nH]c(C)cc1C. The molecule has 122 valence electrons. The Morgan fingerprint density at radius 2 is 2.04 bits per heavy atom. The zero-order valence-corrected chi connectivity index (χ0v) is 15.1. The van der Waals surface area contributed by atoms with Gasteiger partial charge < -0.3 is 14.7 Å². The van der Waals surface area contributed by atoms with Crippen LogP contribution in [0.15, 0.2) is 40.7 Å². The Kier molecular flexibility index (Phi) is 3.62. The van der Waals surface area contributed by atoms with Crippen molar-refractivity contribution < 1.29 is 4.74 Å². The second-order valence-corrected chi connectivity index (χ2v) is 7.49. The Labute approximate surface area is 148 Å². The van der Waals surface area contributed by atoms with E-state index in [1.165, 1.54) is 16.9 Å². The van der Waals surface area contributed by atoms with Gasteiger partial charge in [-0.25, -0.2) is 4.99 Å². The molecule has 0 fully saturated rings. The van der Waals surface area contributed by atoms with Gasteiger partial charge in [-0.15, -0.1) is 11.3 Å². The highest BCUT2D eigenvalue weighted by Gasteiger charge is 2.19. The number of halogens is 1. The summed E-state index contributed by atoms with van der Waals surface area (Å²) >= 11 is 7.57. The predicted octanol–water partition coefficient (Wildman–Crippen LogP) is 5.20. The number of aromatic amines is 2. The third-order valence-corrected chi connectivity index (χ3v) is 5.20. The molecule has 24 heavy (non-hydrogen) atoms. The van der Waals surface area contributed by atoms with E-state index in [9.17, 15) is 0 Å². The maximum absolute atomic E-state index is 6.04. The predicted molar refractivity (Wildman–Crippen MR) is 101 cm³/mol. The number of nitrogens with zero attached hydrogens (tertiary/aromatic N) is 1. The van der Waals surface area contributed by atoms with Crippen LogP contribution in [-0.4, -0.2) is 22.8 Å². The van der Waals surface area contributed by atoms with Crippen molar-refractivity contribution in [3.8, 4) is 0 Å². The van der Waals surface area contributed by atoms with Gasteiger partial charge >= 0.3 is 0 Å². The number of aryl methyl sites for hydroxylation is 2. The number of aliphatic imine (C=N–C) groups is 1. The Morgan fingerprint density at radius 3 is 2.71 bits per heavy atom. The van der Waals surface area contributed by atoms with Gasteiger partial charge in [-0.2, -0.15) is 0 Å². The van der Waals surface area contributed by atoms with Crippen molar-refractivity contribution in [1.82, 2.24) is 9.97 Å². The molecule has 0 saturated heterocycles. The quantitative estimate of drug-likeness (QED) is 0.664. The number of nitrogens with one attached hydrogen (secondary N) is 2. The Hall–Kier alpha value is -2.24. The number of hydrogen-bond donors (Lipinski definition) is 2. The van der Waals surface area contributed by atoms with Crippen LogP contribution in [0.5, 0.6) is 0 Å². The summed E-state index contributed by atoms with van der Waals surface area (Å²) in [7, 11) is 1.66. The molecule has 0 aliphatic carbocycles. The normalized spacial score (nSPS) is 16.1. The molecule has 4 nitrogen and oxygen atoms in total. The molecule has 0 bridgehead atoms. The highest BCUT2D eigenvalue weighted by Crippen LogP contribution is 2.31. The van der Waals surface area contributed by atoms with Crippen LogP contribution in [0.2, 0.25) is 4.34 Å². The summed E-state index contributed by atoms with van der Waals surface area (Å²) in [5.74, 6) is 0.757. The fraction of sp³-hybridized carbons (Fsp3) is 0.167. The lowest BCUT2D eigenvalue weighted by Gasteiger charge is -2.01. The fourth-order valence-electron chi connectivity index (χ4n) is 2.89. The summed E-state index contributed by atoms with van der Waals surface area (Å²) in [6, 6.07) is 6.14. The maximum atomic E-state index is 6.04. The summed E-state index contributed by atoms with van der Waals surface area (Å²) in [5.41, 5.74) is 6.01. The second kappa shape index (κ2) is 5.69. The second-order valence-electron chi connectivity index (χ2n) is 5.81. The van der Waals surface area contributed by atoms with E-state index in [2.05, 4.69) is 29.0 Å². The molecule has 4 heterocycles. The molecule has 3 aromatic heterocycles. The summed E-state index contributed by atoms with van der Waals surface area (Å²) in [6.45, 7) is 4.12. The summed E-state index contributed by atoms with van der Waals surface area (Å²) in [4.78, 5) is 12.5. The van der Waals surface area contributed by atoms with E-state index in [0.717, 1.165) is 48.8 Å². The molecular formula is C18H16ClN3OS. The van der Waals surface area contributed by atoms with Crippen LogP contribution >= 0.6 is 22.9 Å². The first-order valence-electron chi connectivity index (χ1n) is 7.54. The first-order valence-corrected chi connectivity index (χ1v) is 8.74. The minimum atomic E-state index is 0.757. The summed E-state index contributed by atoms with van der Waals surface area (Å²) in [5, 5.41) is 1.10. The standard InChI is InChI=1S/C18H16ClN3OS/c1-9-4-10(2)20-12(9)7-15-16(23-3)8-14(21-15)13-5-11-6-17(19)24-18(11)22-13/h4-8,20,22H,1-3H3. The van der Waals surface area contributed by atoms with Gasteiger partial charge in [0.1, 0.15) is 16.3 Å². The molecule has 0 unspecified atom stereocenters. The molecule has 0 amide bonds. The lowest BCUT2D eigenvalue weighted by molar-refractivity contribution is 0.303. The number of allylic oxidation sites excluding steroid dienone is 1. The number of fused-ring (bicyclic) bond motifs is 1. The minimum absolute atomic E-state index is 0.757. The fourth-order valence-corrected chi connectivity index (χ4v) is 4.01. The Balaban J connectivity index is 1.75. The molecule has 2 N–H and O–H groups in total. The lowest BCUT2D eigenvalue weighted by Crippen LogP contribution is -1.93. The smallest absolute Gasteiger partial charge is 0.146 e. The van der Waals surface area contributed by atoms with Crippen molar-refractivity contribution in [2.24, 2.45) is 4.99 Å². The molecule has 0 spiro atoms. The molecule has 3 aromatic rings. The van der Waals surface area contributed by atoms with Gasteiger partial charge in [-0.3, -0.25) is 0 Å². The molecular weight excluding hydrogens is 342 g/mol. The van der Waals surface area contributed by atoms with Gasteiger partial charge in [-0.1, -0.05) is 11.6 Å². The number of ether oxygens (including phenoxy) is 1. The van der Waals surface area contributed by atoms with Gasteiger partial charge in [0.05, 0.1) is 22.9 Å². The van der Waals surface area contributed by atoms with Gasteiger partial charge in [0.15, 0.2) is 0 Å². The van der Waals surface area contributed by atoms with E-state index in [0.29, 0.717) is 0 Å². The van der Waals surface area contributed by atoms with Crippen molar-refractivity contribution in [3.63, 3.8) is 0 Å². The monoisotopic (exact) mass is 357 g/mol. The Morgan fingerprint density at radius 1 is 1.21 bits per heavy atom. The van der Waals surface area contributed by atoms with Crippen molar-refractivity contribution in [2.75, 3.05) is 7.11 Å². The molecule has 0 atom stereocenters. The number of hydrogen-bond acceptors (Lipinski definition) is 3. The third kappa shape index (κ3) is 2.60. The van der Waals surface area contributed by atoms with E-state index in [-0.39, 0.29) is 0 Å². The topological polar surface area (TPSA) is 53.2 Å². The Bertz CT molecular complexity index is 1000. The van der Waals surface area contributed by atoms with Gasteiger partial charge in [-0.05, 0) is 43.7 Å². The number of thiophene rings is 1. The third-order valence-electron chi connectivity index (χ3n) is 4.01. The van der Waals surface area contributed by atoms with Gasteiger partial charge in [0, 0.05) is 22.9 Å². The van der Waals surface area contributed by atoms with Crippen LogP contribution in [0.4, 0.5) is 0 Å². The van der Waals surface area contributed by atoms with E-state index < -0.39 is 0 Å². The van der Waals surface area contributed by atoms with Crippen LogP contribution in [-0.2, 0) is 4.74 Å². The number of aromatic nitrogens is 2. The average molecular weight is 358 g/mol. The molecule has 1 aliphatic rings. The van der Waals surface area contributed by atoms with Crippen molar-refractivity contribution in [3.05, 3.63) is 62.7 Å². The van der Waals surface area contributed by atoms with Crippen molar-refractivity contribution >= 4 is 44.9 Å². The van der Waals surface area contributed by atoms with E-state index >= 15 is 0 Å². The van der Waals surface area contributed by atoms with E-state index in [1.807, 2.05) is 25.1 Å².